The van der Waals surface area contributed by atoms with Crippen LogP contribution in [-0.4, -0.2) is 51.3 Å². The van der Waals surface area contributed by atoms with E-state index in [1.165, 1.54) is 4.90 Å². The van der Waals surface area contributed by atoms with Gasteiger partial charge in [-0.05, 0) is 19.3 Å². The Kier molecular flexibility index (Phi) is 5.17. The van der Waals surface area contributed by atoms with Crippen molar-refractivity contribution < 1.29 is 19.8 Å². The van der Waals surface area contributed by atoms with Gasteiger partial charge in [0.1, 0.15) is 6.04 Å². The summed E-state index contributed by atoms with van der Waals surface area (Å²) in [5.41, 5.74) is -0.298. The summed E-state index contributed by atoms with van der Waals surface area (Å²) >= 11 is 0. The number of amides is 2. The zero-order chi connectivity index (χ0) is 14.6. The molecule has 0 spiro atoms. The van der Waals surface area contributed by atoms with Crippen molar-refractivity contribution in [2.75, 3.05) is 6.54 Å². The molecule has 0 aromatic heterocycles. The molecule has 1 aliphatic heterocycles. The summed E-state index contributed by atoms with van der Waals surface area (Å²) in [4.78, 5) is 24.6. The molecule has 1 fully saturated rings. The standard InChI is InChI=1S/C13H24N2O4/c1-4-13(5-2,6-3)14-12(19)15-8-9(16)7-10(15)11(17)18/h9-10,16H,4-8H2,1-3H3,(H,14,19)(H,17,18)/t9-,10-/m1/s1. The average molecular weight is 272 g/mol. The van der Waals surface area contributed by atoms with Crippen LogP contribution in [0.5, 0.6) is 0 Å². The van der Waals surface area contributed by atoms with Gasteiger partial charge in [-0.2, -0.15) is 0 Å². The second-order valence-corrected chi connectivity index (χ2v) is 5.17. The van der Waals surface area contributed by atoms with Crippen molar-refractivity contribution in [3.63, 3.8) is 0 Å². The normalized spacial score (nSPS) is 23.5. The number of likely N-dealkylation sites (tertiary alicyclic amines) is 1. The molecular weight excluding hydrogens is 248 g/mol. The van der Waals surface area contributed by atoms with Crippen LogP contribution in [0.4, 0.5) is 4.79 Å². The van der Waals surface area contributed by atoms with Gasteiger partial charge < -0.3 is 20.4 Å². The molecule has 3 N–H and O–H groups in total. The van der Waals surface area contributed by atoms with Gasteiger partial charge in [-0.1, -0.05) is 20.8 Å². The van der Waals surface area contributed by atoms with Crippen molar-refractivity contribution in [1.29, 1.82) is 0 Å². The summed E-state index contributed by atoms with van der Waals surface area (Å²) < 4.78 is 0. The lowest BCUT2D eigenvalue weighted by Crippen LogP contribution is -2.54. The molecule has 6 nitrogen and oxygen atoms in total. The number of nitrogens with one attached hydrogen (secondary N) is 1. The topological polar surface area (TPSA) is 89.9 Å². The van der Waals surface area contributed by atoms with Crippen molar-refractivity contribution in [2.24, 2.45) is 0 Å². The van der Waals surface area contributed by atoms with E-state index in [4.69, 9.17) is 5.11 Å². The minimum absolute atomic E-state index is 0.0794. The third-order valence-corrected chi connectivity index (χ3v) is 4.23. The molecule has 2 amide bonds. The third-order valence-electron chi connectivity index (χ3n) is 4.23. The number of carbonyl (C=O) groups is 2. The van der Waals surface area contributed by atoms with Crippen molar-refractivity contribution in [3.8, 4) is 0 Å². The zero-order valence-corrected chi connectivity index (χ0v) is 11.8. The summed E-state index contributed by atoms with van der Waals surface area (Å²) in [5.74, 6) is -1.07. The highest BCUT2D eigenvalue weighted by Gasteiger charge is 2.40. The molecule has 6 heteroatoms. The number of hydrogen-bond acceptors (Lipinski definition) is 3. The van der Waals surface area contributed by atoms with Crippen molar-refractivity contribution in [2.45, 2.75) is 64.1 Å². The number of urea groups is 1. The number of β-amino-alcohol motifs (C(OH)–C–C–N with tert-alkyl or cyclic N) is 1. The molecule has 1 saturated heterocycles. The predicted molar refractivity (Wildman–Crippen MR) is 70.9 cm³/mol. The number of aliphatic carboxylic acids is 1. The van der Waals surface area contributed by atoms with E-state index < -0.39 is 24.1 Å². The highest BCUT2D eigenvalue weighted by molar-refractivity contribution is 5.83. The second kappa shape index (κ2) is 6.23. The summed E-state index contributed by atoms with van der Waals surface area (Å²) in [6.45, 7) is 6.08. The minimum Gasteiger partial charge on any atom is -0.480 e. The summed E-state index contributed by atoms with van der Waals surface area (Å²) in [7, 11) is 0. The Morgan fingerprint density at radius 3 is 2.21 bits per heavy atom. The first kappa shape index (κ1) is 15.8. The molecule has 0 saturated carbocycles. The van der Waals surface area contributed by atoms with Crippen molar-refractivity contribution in [3.05, 3.63) is 0 Å². The first-order valence-electron chi connectivity index (χ1n) is 6.88. The molecule has 0 bridgehead atoms. The van der Waals surface area contributed by atoms with Gasteiger partial charge in [0.2, 0.25) is 0 Å². The van der Waals surface area contributed by atoms with Crippen LogP contribution in [0.25, 0.3) is 0 Å². The Balaban J connectivity index is 2.79. The van der Waals surface area contributed by atoms with E-state index in [-0.39, 0.29) is 18.5 Å². The van der Waals surface area contributed by atoms with Crippen LogP contribution in [0, 0.1) is 0 Å². The first-order valence-corrected chi connectivity index (χ1v) is 6.88. The molecule has 0 radical (unpaired) electrons. The quantitative estimate of drug-likeness (QED) is 0.701. The first-order chi connectivity index (χ1) is 8.89. The van der Waals surface area contributed by atoms with Gasteiger partial charge in [0.05, 0.1) is 6.10 Å². The summed E-state index contributed by atoms with van der Waals surface area (Å²) in [6.07, 6.45) is 1.71. The van der Waals surface area contributed by atoms with Crippen LogP contribution >= 0.6 is 0 Å². The highest BCUT2D eigenvalue weighted by atomic mass is 16.4. The molecule has 1 aliphatic rings. The van der Waals surface area contributed by atoms with E-state index in [1.54, 1.807) is 0 Å². The Labute approximate surface area is 113 Å². The molecule has 2 atom stereocenters. The van der Waals surface area contributed by atoms with Crippen LogP contribution < -0.4 is 5.32 Å². The highest BCUT2D eigenvalue weighted by Crippen LogP contribution is 2.23. The lowest BCUT2D eigenvalue weighted by Gasteiger charge is -2.34. The van der Waals surface area contributed by atoms with E-state index in [1.807, 2.05) is 20.8 Å². The zero-order valence-electron chi connectivity index (χ0n) is 11.8. The number of hydrogen-bond donors (Lipinski definition) is 3. The number of aliphatic hydroxyl groups excluding tert-OH is 1. The number of rotatable bonds is 5. The van der Waals surface area contributed by atoms with Crippen LogP contribution in [0.2, 0.25) is 0 Å². The van der Waals surface area contributed by atoms with E-state index >= 15 is 0 Å². The average Bonchev–Trinajstić information content (AvgIpc) is 2.78. The van der Waals surface area contributed by atoms with Crippen LogP contribution in [-0.2, 0) is 4.79 Å². The number of carboxylic acids is 1. The molecular formula is C13H24N2O4. The Bertz CT molecular complexity index is 333. The molecule has 1 heterocycles. The van der Waals surface area contributed by atoms with Crippen LogP contribution in [0.3, 0.4) is 0 Å². The van der Waals surface area contributed by atoms with Crippen molar-refractivity contribution >= 4 is 12.0 Å². The second-order valence-electron chi connectivity index (χ2n) is 5.17. The Morgan fingerprint density at radius 1 is 1.26 bits per heavy atom. The predicted octanol–water partition coefficient (Wildman–Crippen LogP) is 1.18. The van der Waals surface area contributed by atoms with Gasteiger partial charge in [0.15, 0.2) is 0 Å². The van der Waals surface area contributed by atoms with Gasteiger partial charge in [-0.3, -0.25) is 0 Å². The van der Waals surface area contributed by atoms with E-state index in [0.29, 0.717) is 0 Å². The molecule has 0 unspecified atom stereocenters. The minimum atomic E-state index is -1.07. The number of carbonyl (C=O) groups excluding carboxylic acids is 1. The lowest BCUT2D eigenvalue weighted by atomic mass is 9.90. The molecule has 0 aliphatic carbocycles. The maximum atomic E-state index is 12.2. The number of nitrogens with zero attached hydrogens (tertiary/aromatic N) is 1. The molecule has 1 rings (SSSR count). The van der Waals surface area contributed by atoms with Crippen LogP contribution in [0.1, 0.15) is 46.5 Å². The maximum Gasteiger partial charge on any atom is 0.326 e. The van der Waals surface area contributed by atoms with E-state index in [9.17, 15) is 14.7 Å². The Morgan fingerprint density at radius 2 is 1.79 bits per heavy atom. The smallest absolute Gasteiger partial charge is 0.326 e. The maximum absolute atomic E-state index is 12.2. The fourth-order valence-corrected chi connectivity index (χ4v) is 2.59. The number of aliphatic hydroxyl groups is 1. The van der Waals surface area contributed by atoms with Gasteiger partial charge in [0.25, 0.3) is 0 Å². The fraction of sp³-hybridized carbons (Fsp3) is 0.846. The fourth-order valence-electron chi connectivity index (χ4n) is 2.59. The van der Waals surface area contributed by atoms with Gasteiger partial charge in [0, 0.05) is 18.5 Å². The SMILES string of the molecule is CCC(CC)(CC)NC(=O)N1C[C@H](O)C[C@@H]1C(=O)O. The summed E-state index contributed by atoms with van der Waals surface area (Å²) in [6, 6.07) is -1.33. The van der Waals surface area contributed by atoms with Gasteiger partial charge in [-0.25, -0.2) is 9.59 Å². The monoisotopic (exact) mass is 272 g/mol. The van der Waals surface area contributed by atoms with Crippen LogP contribution in [0.15, 0.2) is 0 Å². The molecule has 110 valence electrons. The van der Waals surface area contributed by atoms with E-state index in [0.717, 1.165) is 19.3 Å². The lowest BCUT2D eigenvalue weighted by molar-refractivity contribution is -0.141. The summed E-state index contributed by atoms with van der Waals surface area (Å²) in [5, 5.41) is 21.6. The van der Waals surface area contributed by atoms with Gasteiger partial charge in [-0.15, -0.1) is 0 Å². The van der Waals surface area contributed by atoms with E-state index in [2.05, 4.69) is 5.32 Å². The third kappa shape index (κ3) is 3.37. The largest absolute Gasteiger partial charge is 0.480 e. The van der Waals surface area contributed by atoms with Gasteiger partial charge >= 0.3 is 12.0 Å². The molecule has 0 aromatic carbocycles. The molecule has 19 heavy (non-hydrogen) atoms. The van der Waals surface area contributed by atoms with Crippen molar-refractivity contribution in [1.82, 2.24) is 10.2 Å². The molecule has 0 aromatic rings. The number of carboxylic acid groups (broad SMARTS) is 1. The Hall–Kier alpha value is -1.30.